The van der Waals surface area contributed by atoms with Gasteiger partial charge in [-0.2, -0.15) is 0 Å². The van der Waals surface area contributed by atoms with Crippen molar-refractivity contribution < 1.29 is 14.5 Å². The Morgan fingerprint density at radius 2 is 1.81 bits per heavy atom. The number of non-ortho nitro benzene ring substituents is 1. The zero-order valence-electron chi connectivity index (χ0n) is 14.2. The van der Waals surface area contributed by atoms with Gasteiger partial charge in [-0.25, -0.2) is 0 Å². The Balaban J connectivity index is 1.66. The second-order valence-corrected chi connectivity index (χ2v) is 6.23. The summed E-state index contributed by atoms with van der Waals surface area (Å²) >= 11 is 0. The summed E-state index contributed by atoms with van der Waals surface area (Å²) in [6, 6.07) is 12.8. The molecule has 134 valence electrons. The van der Waals surface area contributed by atoms with Crippen LogP contribution in [0.15, 0.2) is 48.5 Å². The van der Waals surface area contributed by atoms with Gasteiger partial charge in [-0.15, -0.1) is 0 Å². The lowest BCUT2D eigenvalue weighted by atomic mass is 10.1. The Labute approximate surface area is 150 Å². The van der Waals surface area contributed by atoms with E-state index >= 15 is 0 Å². The maximum Gasteiger partial charge on any atom is 0.269 e. The molecule has 0 aromatic heterocycles. The van der Waals surface area contributed by atoms with E-state index < -0.39 is 4.92 Å². The summed E-state index contributed by atoms with van der Waals surface area (Å²) in [4.78, 5) is 36.8. The van der Waals surface area contributed by atoms with Crippen LogP contribution < -0.4 is 5.32 Å². The van der Waals surface area contributed by atoms with Gasteiger partial charge < -0.3 is 10.2 Å². The molecule has 0 aliphatic carbocycles. The van der Waals surface area contributed by atoms with E-state index in [9.17, 15) is 19.7 Å². The zero-order chi connectivity index (χ0) is 18.5. The van der Waals surface area contributed by atoms with E-state index in [1.165, 1.54) is 12.1 Å². The van der Waals surface area contributed by atoms with Gasteiger partial charge in [0.15, 0.2) is 0 Å². The number of hydrogen-bond acceptors (Lipinski definition) is 4. The Bertz CT molecular complexity index is 844. The standard InChI is InChI=1S/C19H19N3O4/c23-18(12-14-5-3-8-17(11-14)22(25)26)20-16-7-4-6-15(13-16)19(24)21-9-1-2-10-21/h3-8,11,13H,1-2,9-10,12H2,(H,20,23). The van der Waals surface area contributed by atoms with Gasteiger partial charge in [-0.3, -0.25) is 19.7 Å². The maximum atomic E-state index is 12.4. The lowest BCUT2D eigenvalue weighted by Crippen LogP contribution is -2.27. The highest BCUT2D eigenvalue weighted by atomic mass is 16.6. The molecule has 1 saturated heterocycles. The first-order valence-electron chi connectivity index (χ1n) is 8.45. The first-order valence-corrected chi connectivity index (χ1v) is 8.45. The molecule has 7 nitrogen and oxygen atoms in total. The number of hydrogen-bond donors (Lipinski definition) is 1. The molecule has 0 saturated carbocycles. The molecule has 7 heteroatoms. The van der Waals surface area contributed by atoms with Crippen LogP contribution in [0.1, 0.15) is 28.8 Å². The first-order chi connectivity index (χ1) is 12.5. The van der Waals surface area contributed by atoms with E-state index in [1.807, 2.05) is 4.90 Å². The van der Waals surface area contributed by atoms with E-state index in [0.29, 0.717) is 16.8 Å². The fourth-order valence-electron chi connectivity index (χ4n) is 3.00. The van der Waals surface area contributed by atoms with Crippen LogP contribution in [0.25, 0.3) is 0 Å². The summed E-state index contributed by atoms with van der Waals surface area (Å²) < 4.78 is 0. The van der Waals surface area contributed by atoms with Gasteiger partial charge in [0.25, 0.3) is 11.6 Å². The monoisotopic (exact) mass is 353 g/mol. The lowest BCUT2D eigenvalue weighted by Gasteiger charge is -2.15. The summed E-state index contributed by atoms with van der Waals surface area (Å²) in [5.74, 6) is -0.325. The Morgan fingerprint density at radius 1 is 1.08 bits per heavy atom. The summed E-state index contributed by atoms with van der Waals surface area (Å²) in [6.07, 6.45) is 2.06. The minimum Gasteiger partial charge on any atom is -0.339 e. The average molecular weight is 353 g/mol. The fourth-order valence-corrected chi connectivity index (χ4v) is 3.00. The number of nitrogens with one attached hydrogen (secondary N) is 1. The van der Waals surface area contributed by atoms with Crippen LogP contribution in [0.4, 0.5) is 11.4 Å². The molecule has 2 aromatic carbocycles. The molecule has 1 N–H and O–H groups in total. The average Bonchev–Trinajstić information content (AvgIpc) is 3.16. The van der Waals surface area contributed by atoms with Gasteiger partial charge in [0.2, 0.25) is 5.91 Å². The van der Waals surface area contributed by atoms with E-state index in [2.05, 4.69) is 5.32 Å². The van der Waals surface area contributed by atoms with Crippen molar-refractivity contribution in [1.82, 2.24) is 4.90 Å². The molecule has 3 rings (SSSR count). The third-order valence-corrected chi connectivity index (χ3v) is 4.27. The quantitative estimate of drug-likeness (QED) is 0.660. The van der Waals surface area contributed by atoms with Gasteiger partial charge in [-0.1, -0.05) is 18.2 Å². The Kier molecular flexibility index (Phi) is 5.26. The molecule has 0 radical (unpaired) electrons. The number of anilines is 1. The normalized spacial score (nSPS) is 13.5. The number of nitro benzene ring substituents is 1. The number of rotatable bonds is 5. The number of nitrogens with zero attached hydrogens (tertiary/aromatic N) is 2. The predicted octanol–water partition coefficient (Wildman–Crippen LogP) is 3.01. The maximum absolute atomic E-state index is 12.4. The summed E-state index contributed by atoms with van der Waals surface area (Å²) in [5, 5.41) is 13.6. The van der Waals surface area contributed by atoms with Crippen LogP contribution in [0.3, 0.4) is 0 Å². The number of amides is 2. The molecule has 0 spiro atoms. The van der Waals surface area contributed by atoms with Crippen LogP contribution >= 0.6 is 0 Å². The van der Waals surface area contributed by atoms with Crippen LogP contribution in [0.5, 0.6) is 0 Å². The second kappa shape index (κ2) is 7.77. The summed E-state index contributed by atoms with van der Waals surface area (Å²) in [5.41, 5.74) is 1.58. The van der Waals surface area contributed by atoms with Crippen LogP contribution in [-0.2, 0) is 11.2 Å². The predicted molar refractivity (Wildman–Crippen MR) is 97.0 cm³/mol. The van der Waals surface area contributed by atoms with E-state index in [-0.39, 0.29) is 23.9 Å². The molecule has 1 aliphatic heterocycles. The molecule has 1 fully saturated rings. The van der Waals surface area contributed by atoms with Crippen LogP contribution in [0, 0.1) is 10.1 Å². The topological polar surface area (TPSA) is 92.5 Å². The van der Waals surface area contributed by atoms with Crippen LogP contribution in [0.2, 0.25) is 0 Å². The highest BCUT2D eigenvalue weighted by molar-refractivity contribution is 5.97. The number of benzene rings is 2. The van der Waals surface area contributed by atoms with Gasteiger partial charge in [0.05, 0.1) is 11.3 Å². The van der Waals surface area contributed by atoms with E-state index in [1.54, 1.807) is 36.4 Å². The molecule has 0 atom stereocenters. The van der Waals surface area contributed by atoms with Crippen molar-refractivity contribution in [3.05, 3.63) is 69.8 Å². The van der Waals surface area contributed by atoms with Crippen molar-refractivity contribution in [3.8, 4) is 0 Å². The first kappa shape index (κ1) is 17.6. The molecule has 0 bridgehead atoms. The Hall–Kier alpha value is -3.22. The lowest BCUT2D eigenvalue weighted by molar-refractivity contribution is -0.384. The Morgan fingerprint density at radius 3 is 2.54 bits per heavy atom. The molecule has 26 heavy (non-hydrogen) atoms. The van der Waals surface area contributed by atoms with Crippen molar-refractivity contribution in [1.29, 1.82) is 0 Å². The van der Waals surface area contributed by atoms with Crippen molar-refractivity contribution in [2.24, 2.45) is 0 Å². The molecule has 0 unspecified atom stereocenters. The molecule has 1 heterocycles. The second-order valence-electron chi connectivity index (χ2n) is 6.23. The van der Waals surface area contributed by atoms with Gasteiger partial charge in [-0.05, 0) is 36.6 Å². The van der Waals surface area contributed by atoms with Crippen molar-refractivity contribution in [2.45, 2.75) is 19.3 Å². The third kappa shape index (κ3) is 4.24. The van der Waals surface area contributed by atoms with E-state index in [4.69, 9.17) is 0 Å². The zero-order valence-corrected chi connectivity index (χ0v) is 14.2. The van der Waals surface area contributed by atoms with Crippen molar-refractivity contribution >= 4 is 23.2 Å². The molecular weight excluding hydrogens is 334 g/mol. The minimum absolute atomic E-state index is 0.0198. The minimum atomic E-state index is -0.491. The summed E-state index contributed by atoms with van der Waals surface area (Å²) in [7, 11) is 0. The van der Waals surface area contributed by atoms with Gasteiger partial charge in [0, 0.05) is 36.5 Å². The van der Waals surface area contributed by atoms with Crippen LogP contribution in [-0.4, -0.2) is 34.7 Å². The third-order valence-electron chi connectivity index (χ3n) is 4.27. The number of likely N-dealkylation sites (tertiary alicyclic amines) is 1. The number of carbonyl (C=O) groups is 2. The molecule has 1 aliphatic rings. The number of carbonyl (C=O) groups excluding carboxylic acids is 2. The molecule has 2 aromatic rings. The molecular formula is C19H19N3O4. The van der Waals surface area contributed by atoms with E-state index in [0.717, 1.165) is 25.9 Å². The number of nitro groups is 1. The molecule has 2 amide bonds. The van der Waals surface area contributed by atoms with Crippen molar-refractivity contribution in [2.75, 3.05) is 18.4 Å². The smallest absolute Gasteiger partial charge is 0.269 e. The highest BCUT2D eigenvalue weighted by Gasteiger charge is 2.19. The SMILES string of the molecule is O=C(Cc1cccc([N+](=O)[O-])c1)Nc1cccc(C(=O)N2CCCC2)c1. The van der Waals surface area contributed by atoms with Gasteiger partial charge >= 0.3 is 0 Å². The fraction of sp³-hybridized carbons (Fsp3) is 0.263. The van der Waals surface area contributed by atoms with Gasteiger partial charge in [0.1, 0.15) is 0 Å². The largest absolute Gasteiger partial charge is 0.339 e. The van der Waals surface area contributed by atoms with Crippen molar-refractivity contribution in [3.63, 3.8) is 0 Å². The summed E-state index contributed by atoms with van der Waals surface area (Å²) in [6.45, 7) is 1.53. The highest BCUT2D eigenvalue weighted by Crippen LogP contribution is 2.17.